The van der Waals surface area contributed by atoms with Gasteiger partial charge in [-0.3, -0.25) is 4.90 Å². The molecule has 1 aliphatic heterocycles. The third kappa shape index (κ3) is 3.80. The normalized spacial score (nSPS) is 25.5. The first-order valence-electron chi connectivity index (χ1n) is 7.43. The number of hydrogen-bond donors (Lipinski definition) is 1. The van der Waals surface area contributed by atoms with Crippen LogP contribution in [0.25, 0.3) is 0 Å². The first-order valence-corrected chi connectivity index (χ1v) is 7.43. The van der Waals surface area contributed by atoms with Crippen LogP contribution in [0.2, 0.25) is 0 Å². The predicted octanol–water partition coefficient (Wildman–Crippen LogP) is 3.15. The van der Waals surface area contributed by atoms with E-state index >= 15 is 0 Å². The largest absolute Gasteiger partial charge is 0.327 e. The molecule has 2 heteroatoms. The molecule has 0 unspecified atom stereocenters. The van der Waals surface area contributed by atoms with Gasteiger partial charge in [0.1, 0.15) is 0 Å². The van der Waals surface area contributed by atoms with Crippen LogP contribution in [0.5, 0.6) is 0 Å². The Bertz CT molecular complexity index is 402. The number of nitrogens with two attached hydrogens (primary N) is 1. The topological polar surface area (TPSA) is 29.3 Å². The van der Waals surface area contributed by atoms with Gasteiger partial charge in [0.05, 0.1) is 0 Å². The summed E-state index contributed by atoms with van der Waals surface area (Å²) < 4.78 is 0. The zero-order valence-corrected chi connectivity index (χ0v) is 12.8. The fourth-order valence-corrected chi connectivity index (χ4v) is 2.76. The van der Waals surface area contributed by atoms with Crippen LogP contribution < -0.4 is 5.73 Å². The SMILES string of the molecule is C[C@H]1CN(Cc2ccc(C(C)(C)C)cc2)CC[C@H]1N. The lowest BCUT2D eigenvalue weighted by atomic mass is 9.86. The van der Waals surface area contributed by atoms with Gasteiger partial charge in [0.15, 0.2) is 0 Å². The fourth-order valence-electron chi connectivity index (χ4n) is 2.76. The van der Waals surface area contributed by atoms with Crippen molar-refractivity contribution in [2.24, 2.45) is 11.7 Å². The Labute approximate surface area is 118 Å². The minimum Gasteiger partial charge on any atom is -0.327 e. The van der Waals surface area contributed by atoms with Gasteiger partial charge in [-0.1, -0.05) is 52.0 Å². The van der Waals surface area contributed by atoms with Gasteiger partial charge in [-0.25, -0.2) is 0 Å². The summed E-state index contributed by atoms with van der Waals surface area (Å²) in [6, 6.07) is 9.49. The van der Waals surface area contributed by atoms with Gasteiger partial charge in [0, 0.05) is 19.1 Å². The van der Waals surface area contributed by atoms with Crippen molar-refractivity contribution >= 4 is 0 Å². The zero-order chi connectivity index (χ0) is 14.0. The maximum absolute atomic E-state index is 6.07. The smallest absolute Gasteiger partial charge is 0.0233 e. The second-order valence-corrected chi connectivity index (χ2v) is 7.11. The van der Waals surface area contributed by atoms with E-state index in [1.807, 2.05) is 0 Å². The molecule has 0 radical (unpaired) electrons. The molecule has 0 amide bonds. The standard InChI is InChI=1S/C17H28N2/c1-13-11-19(10-9-16(13)18)12-14-5-7-15(8-6-14)17(2,3)4/h5-8,13,16H,9-12,18H2,1-4H3/t13-,16+/m0/s1. The number of rotatable bonds is 2. The van der Waals surface area contributed by atoms with Crippen molar-refractivity contribution in [2.75, 3.05) is 13.1 Å². The van der Waals surface area contributed by atoms with Gasteiger partial charge in [-0.05, 0) is 35.4 Å². The molecule has 2 nitrogen and oxygen atoms in total. The summed E-state index contributed by atoms with van der Waals surface area (Å²) in [4.78, 5) is 2.53. The van der Waals surface area contributed by atoms with E-state index in [1.165, 1.54) is 11.1 Å². The third-order valence-electron chi connectivity index (χ3n) is 4.28. The highest BCUT2D eigenvalue weighted by molar-refractivity contribution is 5.27. The van der Waals surface area contributed by atoms with Gasteiger partial charge in [-0.15, -0.1) is 0 Å². The van der Waals surface area contributed by atoms with Gasteiger partial charge in [0.2, 0.25) is 0 Å². The predicted molar refractivity (Wildman–Crippen MR) is 82.2 cm³/mol. The van der Waals surface area contributed by atoms with Crippen molar-refractivity contribution in [1.29, 1.82) is 0 Å². The number of likely N-dealkylation sites (tertiary alicyclic amines) is 1. The van der Waals surface area contributed by atoms with E-state index in [1.54, 1.807) is 0 Å². The fraction of sp³-hybridized carbons (Fsp3) is 0.647. The van der Waals surface area contributed by atoms with Crippen molar-refractivity contribution in [2.45, 2.75) is 52.1 Å². The second kappa shape index (κ2) is 5.64. The zero-order valence-electron chi connectivity index (χ0n) is 12.8. The maximum atomic E-state index is 6.07. The quantitative estimate of drug-likeness (QED) is 0.885. The maximum Gasteiger partial charge on any atom is 0.0233 e. The minimum absolute atomic E-state index is 0.241. The second-order valence-electron chi connectivity index (χ2n) is 7.11. The molecule has 0 saturated carbocycles. The highest BCUT2D eigenvalue weighted by Crippen LogP contribution is 2.23. The third-order valence-corrected chi connectivity index (χ3v) is 4.28. The van der Waals surface area contributed by atoms with Crippen LogP contribution in [-0.4, -0.2) is 24.0 Å². The first kappa shape index (κ1) is 14.5. The average molecular weight is 260 g/mol. The summed E-state index contributed by atoms with van der Waals surface area (Å²) in [5, 5.41) is 0. The number of piperidine rings is 1. The van der Waals surface area contributed by atoms with E-state index in [4.69, 9.17) is 5.73 Å². The molecular formula is C17H28N2. The van der Waals surface area contributed by atoms with Gasteiger partial charge in [0.25, 0.3) is 0 Å². The first-order chi connectivity index (χ1) is 8.86. The van der Waals surface area contributed by atoms with E-state index in [-0.39, 0.29) is 5.41 Å². The van der Waals surface area contributed by atoms with Crippen LogP contribution in [0.3, 0.4) is 0 Å². The molecule has 0 bridgehead atoms. The number of benzene rings is 1. The van der Waals surface area contributed by atoms with Gasteiger partial charge in [-0.2, -0.15) is 0 Å². The highest BCUT2D eigenvalue weighted by Gasteiger charge is 2.23. The van der Waals surface area contributed by atoms with Crippen molar-refractivity contribution in [3.05, 3.63) is 35.4 Å². The van der Waals surface area contributed by atoms with Crippen molar-refractivity contribution in [1.82, 2.24) is 4.90 Å². The number of nitrogens with zero attached hydrogens (tertiary/aromatic N) is 1. The molecule has 1 aliphatic rings. The van der Waals surface area contributed by atoms with E-state index in [9.17, 15) is 0 Å². The van der Waals surface area contributed by atoms with Gasteiger partial charge >= 0.3 is 0 Å². The van der Waals surface area contributed by atoms with Crippen LogP contribution in [0, 0.1) is 5.92 Å². The van der Waals surface area contributed by atoms with Crippen LogP contribution >= 0.6 is 0 Å². The molecule has 1 aromatic rings. The van der Waals surface area contributed by atoms with Crippen molar-refractivity contribution in [3.8, 4) is 0 Å². The van der Waals surface area contributed by atoms with E-state index in [0.717, 1.165) is 26.1 Å². The summed E-state index contributed by atoms with van der Waals surface area (Å²) in [5.74, 6) is 0.614. The Hall–Kier alpha value is -0.860. The number of hydrogen-bond acceptors (Lipinski definition) is 2. The molecule has 1 heterocycles. The van der Waals surface area contributed by atoms with Crippen molar-refractivity contribution in [3.63, 3.8) is 0 Å². The van der Waals surface area contributed by atoms with E-state index < -0.39 is 0 Å². The molecule has 0 spiro atoms. The Balaban J connectivity index is 1.97. The molecule has 1 fully saturated rings. The molecule has 0 aliphatic carbocycles. The van der Waals surface area contributed by atoms with Crippen LogP contribution in [0.1, 0.15) is 45.2 Å². The summed E-state index contributed by atoms with van der Waals surface area (Å²) >= 11 is 0. The molecule has 2 rings (SSSR count). The Morgan fingerprint density at radius 2 is 1.84 bits per heavy atom. The van der Waals surface area contributed by atoms with Crippen LogP contribution in [-0.2, 0) is 12.0 Å². The Kier molecular flexibility index (Phi) is 4.32. The lowest BCUT2D eigenvalue weighted by Crippen LogP contribution is -2.45. The van der Waals surface area contributed by atoms with Gasteiger partial charge < -0.3 is 5.73 Å². The molecule has 1 saturated heterocycles. The molecule has 1 aromatic carbocycles. The molecule has 106 valence electrons. The van der Waals surface area contributed by atoms with E-state index in [2.05, 4.69) is 56.9 Å². The Morgan fingerprint density at radius 1 is 1.21 bits per heavy atom. The monoisotopic (exact) mass is 260 g/mol. The molecule has 2 atom stereocenters. The molecule has 19 heavy (non-hydrogen) atoms. The lowest BCUT2D eigenvalue weighted by molar-refractivity contribution is 0.158. The molecule has 0 aromatic heterocycles. The summed E-state index contributed by atoms with van der Waals surface area (Å²) in [7, 11) is 0. The van der Waals surface area contributed by atoms with E-state index in [0.29, 0.717) is 12.0 Å². The Morgan fingerprint density at radius 3 is 2.37 bits per heavy atom. The molecular weight excluding hydrogens is 232 g/mol. The summed E-state index contributed by atoms with van der Waals surface area (Å²) in [6.07, 6.45) is 1.13. The lowest BCUT2D eigenvalue weighted by Gasteiger charge is -2.35. The average Bonchev–Trinajstić information content (AvgIpc) is 2.33. The summed E-state index contributed by atoms with van der Waals surface area (Å²) in [6.45, 7) is 12.4. The van der Waals surface area contributed by atoms with Crippen LogP contribution in [0.4, 0.5) is 0 Å². The molecule has 2 N–H and O–H groups in total. The minimum atomic E-state index is 0.241. The highest BCUT2D eigenvalue weighted by atomic mass is 15.1. The van der Waals surface area contributed by atoms with Crippen molar-refractivity contribution < 1.29 is 0 Å². The van der Waals surface area contributed by atoms with Crippen LogP contribution in [0.15, 0.2) is 24.3 Å². The summed E-state index contributed by atoms with van der Waals surface area (Å²) in [5.41, 5.74) is 9.14.